The minimum atomic E-state index is -0.722. The lowest BCUT2D eigenvalue weighted by Gasteiger charge is -2.29. The number of hydrogen-bond donors (Lipinski definition) is 1. The van der Waals surface area contributed by atoms with Gasteiger partial charge in [0.05, 0.1) is 19.0 Å². The molecular weight excluding hydrogens is 372 g/mol. The Morgan fingerprint density at radius 1 is 1.07 bits per heavy atom. The first kappa shape index (κ1) is 25.1. The summed E-state index contributed by atoms with van der Waals surface area (Å²) in [4.78, 5) is 26.7. The lowest BCUT2D eigenvalue weighted by molar-refractivity contribution is -0.163. The van der Waals surface area contributed by atoms with Crippen LogP contribution in [0.3, 0.4) is 0 Å². The predicted octanol–water partition coefficient (Wildman–Crippen LogP) is 2.52. The third kappa shape index (κ3) is 10.4. The van der Waals surface area contributed by atoms with Gasteiger partial charge >= 0.3 is 5.97 Å². The third-order valence-corrected chi connectivity index (χ3v) is 4.01. The van der Waals surface area contributed by atoms with Gasteiger partial charge in [-0.15, -0.1) is 0 Å². The van der Waals surface area contributed by atoms with Crippen LogP contribution >= 0.6 is 0 Å². The van der Waals surface area contributed by atoms with E-state index in [1.54, 1.807) is 0 Å². The molecule has 0 heterocycles. The number of carbonyl (C=O) groups excluding carboxylic acids is 2. The van der Waals surface area contributed by atoms with Gasteiger partial charge in [-0.3, -0.25) is 9.59 Å². The van der Waals surface area contributed by atoms with E-state index >= 15 is 0 Å². The number of esters is 1. The first-order valence-electron chi connectivity index (χ1n) is 10.2. The second-order valence-electron chi connectivity index (χ2n) is 7.76. The van der Waals surface area contributed by atoms with Crippen LogP contribution in [0.4, 0.5) is 0 Å². The Bertz CT molecular complexity index is 609. The lowest BCUT2D eigenvalue weighted by atomic mass is 10.1. The first-order chi connectivity index (χ1) is 13.7. The number of benzene rings is 1. The second-order valence-corrected chi connectivity index (χ2v) is 7.76. The van der Waals surface area contributed by atoms with Gasteiger partial charge in [-0.1, -0.05) is 30.3 Å². The maximum Gasteiger partial charge on any atom is 0.308 e. The van der Waals surface area contributed by atoms with Crippen molar-refractivity contribution in [1.82, 2.24) is 4.90 Å². The van der Waals surface area contributed by atoms with Gasteiger partial charge < -0.3 is 24.8 Å². The van der Waals surface area contributed by atoms with Crippen LogP contribution in [-0.4, -0.2) is 61.0 Å². The van der Waals surface area contributed by atoms with Crippen molar-refractivity contribution in [2.24, 2.45) is 5.73 Å². The number of hydrogen-bond acceptors (Lipinski definition) is 6. The van der Waals surface area contributed by atoms with Crippen molar-refractivity contribution >= 4 is 11.9 Å². The molecule has 2 N–H and O–H groups in total. The standard InChI is InChI=1S/C22H36N2O5/c1-6-27-20(28-7-2)16-24(14-13-19(25)29-22(3,4)5)21(26)18(23)15-17-11-9-8-10-12-17/h8-12,18,20H,6-7,13-16,23H2,1-5H3/t18-/m0/s1. The molecule has 29 heavy (non-hydrogen) atoms. The predicted molar refractivity (Wildman–Crippen MR) is 112 cm³/mol. The van der Waals surface area contributed by atoms with Crippen LogP contribution in [0, 0.1) is 0 Å². The zero-order valence-corrected chi connectivity index (χ0v) is 18.3. The number of rotatable bonds is 12. The summed E-state index contributed by atoms with van der Waals surface area (Å²) in [5.74, 6) is -0.613. The Morgan fingerprint density at radius 2 is 1.66 bits per heavy atom. The fraction of sp³-hybridized carbons (Fsp3) is 0.636. The van der Waals surface area contributed by atoms with Gasteiger partial charge in [0.15, 0.2) is 6.29 Å². The molecule has 7 heteroatoms. The number of nitrogens with zero attached hydrogens (tertiary/aromatic N) is 1. The Hall–Kier alpha value is -1.96. The van der Waals surface area contributed by atoms with E-state index in [4.69, 9.17) is 19.9 Å². The minimum Gasteiger partial charge on any atom is -0.460 e. The summed E-state index contributed by atoms with van der Waals surface area (Å²) < 4.78 is 16.5. The molecular formula is C22H36N2O5. The molecule has 1 amide bonds. The third-order valence-electron chi connectivity index (χ3n) is 4.01. The molecule has 1 rings (SSSR count). The Labute approximate surface area is 174 Å². The molecule has 0 fully saturated rings. The largest absolute Gasteiger partial charge is 0.460 e. The topological polar surface area (TPSA) is 91.1 Å². The van der Waals surface area contributed by atoms with Crippen LogP contribution in [-0.2, 0) is 30.2 Å². The highest BCUT2D eigenvalue weighted by Gasteiger charge is 2.26. The molecule has 0 aliphatic carbocycles. The van der Waals surface area contributed by atoms with E-state index < -0.39 is 17.9 Å². The quantitative estimate of drug-likeness (QED) is 0.422. The van der Waals surface area contributed by atoms with Crippen molar-refractivity contribution in [3.63, 3.8) is 0 Å². The molecule has 0 saturated carbocycles. The van der Waals surface area contributed by atoms with Crippen LogP contribution in [0.2, 0.25) is 0 Å². The van der Waals surface area contributed by atoms with E-state index in [1.165, 1.54) is 4.90 Å². The molecule has 1 aromatic carbocycles. The fourth-order valence-electron chi connectivity index (χ4n) is 2.81. The van der Waals surface area contributed by atoms with Crippen molar-refractivity contribution in [3.8, 4) is 0 Å². The summed E-state index contributed by atoms with van der Waals surface area (Å²) in [5.41, 5.74) is 6.60. The van der Waals surface area contributed by atoms with Gasteiger partial charge in [0.1, 0.15) is 5.60 Å². The van der Waals surface area contributed by atoms with Gasteiger partial charge in [-0.2, -0.15) is 0 Å². The Balaban J connectivity index is 2.83. The van der Waals surface area contributed by atoms with Gasteiger partial charge in [0, 0.05) is 19.8 Å². The van der Waals surface area contributed by atoms with Crippen molar-refractivity contribution in [2.45, 2.75) is 65.4 Å². The zero-order chi connectivity index (χ0) is 21.9. The van der Waals surface area contributed by atoms with Crippen LogP contribution < -0.4 is 5.73 Å². The highest BCUT2D eigenvalue weighted by Crippen LogP contribution is 2.11. The number of nitrogens with two attached hydrogens (primary N) is 1. The number of carbonyl (C=O) groups is 2. The average molecular weight is 409 g/mol. The normalized spacial score (nSPS) is 12.7. The van der Waals surface area contributed by atoms with Crippen LogP contribution in [0.5, 0.6) is 0 Å². The first-order valence-corrected chi connectivity index (χ1v) is 10.2. The summed E-state index contributed by atoms with van der Waals surface area (Å²) in [6, 6.07) is 8.88. The minimum absolute atomic E-state index is 0.0754. The van der Waals surface area contributed by atoms with Gasteiger partial charge in [-0.05, 0) is 46.6 Å². The van der Waals surface area contributed by atoms with E-state index in [0.29, 0.717) is 19.6 Å². The molecule has 0 saturated heterocycles. The van der Waals surface area contributed by atoms with E-state index in [0.717, 1.165) is 5.56 Å². The molecule has 0 bridgehead atoms. The van der Waals surface area contributed by atoms with E-state index in [-0.39, 0.29) is 31.4 Å². The van der Waals surface area contributed by atoms with Gasteiger partial charge in [0.25, 0.3) is 0 Å². The maximum absolute atomic E-state index is 13.0. The van der Waals surface area contributed by atoms with Crippen LogP contribution in [0.1, 0.15) is 46.6 Å². The molecule has 164 valence electrons. The lowest BCUT2D eigenvalue weighted by Crippen LogP contribution is -2.49. The zero-order valence-electron chi connectivity index (χ0n) is 18.3. The molecule has 1 aromatic rings. The number of ether oxygens (including phenoxy) is 3. The summed E-state index contributed by atoms with van der Waals surface area (Å²) in [5, 5.41) is 0. The summed E-state index contributed by atoms with van der Waals surface area (Å²) in [6.07, 6.45) is -0.0840. The highest BCUT2D eigenvalue weighted by atomic mass is 16.7. The SMILES string of the molecule is CCOC(CN(CCC(=O)OC(C)(C)C)C(=O)[C@@H](N)Cc1ccccc1)OCC. The molecule has 1 atom stereocenters. The summed E-state index contributed by atoms with van der Waals surface area (Å²) >= 11 is 0. The average Bonchev–Trinajstić information content (AvgIpc) is 2.64. The molecule has 0 aliphatic rings. The highest BCUT2D eigenvalue weighted by molar-refractivity contribution is 5.82. The monoisotopic (exact) mass is 408 g/mol. The molecule has 0 radical (unpaired) electrons. The van der Waals surface area contributed by atoms with Crippen molar-refractivity contribution in [1.29, 1.82) is 0 Å². The summed E-state index contributed by atoms with van der Waals surface area (Å²) in [7, 11) is 0. The summed E-state index contributed by atoms with van der Waals surface area (Å²) in [6.45, 7) is 10.4. The van der Waals surface area contributed by atoms with E-state index in [2.05, 4.69) is 0 Å². The van der Waals surface area contributed by atoms with Crippen LogP contribution in [0.25, 0.3) is 0 Å². The van der Waals surface area contributed by atoms with Gasteiger partial charge in [0.2, 0.25) is 5.91 Å². The number of amides is 1. The van der Waals surface area contributed by atoms with E-state index in [1.807, 2.05) is 65.0 Å². The smallest absolute Gasteiger partial charge is 0.308 e. The Morgan fingerprint density at radius 3 is 2.17 bits per heavy atom. The van der Waals surface area contributed by atoms with E-state index in [9.17, 15) is 9.59 Å². The van der Waals surface area contributed by atoms with Crippen molar-refractivity contribution < 1.29 is 23.8 Å². The molecule has 0 aliphatic heterocycles. The molecule has 0 unspecified atom stereocenters. The fourth-order valence-corrected chi connectivity index (χ4v) is 2.81. The second kappa shape index (κ2) is 12.6. The molecule has 0 spiro atoms. The Kier molecular flexibility index (Phi) is 10.9. The maximum atomic E-state index is 13.0. The molecule has 0 aromatic heterocycles. The molecule has 7 nitrogen and oxygen atoms in total. The van der Waals surface area contributed by atoms with Gasteiger partial charge in [-0.25, -0.2) is 0 Å². The van der Waals surface area contributed by atoms with Crippen molar-refractivity contribution in [2.75, 3.05) is 26.3 Å². The van der Waals surface area contributed by atoms with Crippen molar-refractivity contribution in [3.05, 3.63) is 35.9 Å². The van der Waals surface area contributed by atoms with Crippen LogP contribution in [0.15, 0.2) is 30.3 Å².